The molecule has 0 amide bonds. The van der Waals surface area contributed by atoms with Crippen molar-refractivity contribution in [2.75, 3.05) is 6.26 Å². The van der Waals surface area contributed by atoms with Crippen LogP contribution in [0.15, 0.2) is 0 Å². The Labute approximate surface area is 112 Å². The van der Waals surface area contributed by atoms with E-state index in [1.807, 2.05) is 0 Å². The van der Waals surface area contributed by atoms with Crippen molar-refractivity contribution in [3.05, 3.63) is 0 Å². The quantitative estimate of drug-likeness (QED) is 0.859. The normalized spacial score (nSPS) is 33.7. The van der Waals surface area contributed by atoms with Crippen LogP contribution in [-0.4, -0.2) is 32.0 Å². The molecule has 0 heterocycles. The molecular weight excluding hydrogens is 246 g/mol. The average molecular weight is 273 g/mol. The second kappa shape index (κ2) is 5.12. The Morgan fingerprint density at radius 2 is 1.67 bits per heavy atom. The molecule has 2 atom stereocenters. The lowest BCUT2D eigenvalue weighted by Crippen LogP contribution is -2.47. The summed E-state index contributed by atoms with van der Waals surface area (Å²) in [4.78, 5) is 0. The van der Waals surface area contributed by atoms with Crippen LogP contribution in [0.3, 0.4) is 0 Å². The molecule has 0 aromatic heterocycles. The summed E-state index contributed by atoms with van der Waals surface area (Å²) in [5.74, 6) is 0. The van der Waals surface area contributed by atoms with Gasteiger partial charge in [0.15, 0.2) is 9.84 Å². The van der Waals surface area contributed by atoms with E-state index in [0.29, 0.717) is 11.5 Å². The minimum atomic E-state index is -2.89. The molecule has 0 saturated heterocycles. The summed E-state index contributed by atoms with van der Waals surface area (Å²) < 4.78 is 23.5. The molecular formula is C14H27NO2S. The maximum Gasteiger partial charge on any atom is 0.151 e. The number of rotatable bonds is 3. The molecule has 0 aromatic carbocycles. The first-order chi connectivity index (χ1) is 8.28. The van der Waals surface area contributed by atoms with E-state index in [9.17, 15) is 8.42 Å². The zero-order valence-corrected chi connectivity index (χ0v) is 12.7. The first-order valence-corrected chi connectivity index (χ1v) is 9.18. The fraction of sp³-hybridized carbons (Fsp3) is 1.00. The summed E-state index contributed by atoms with van der Waals surface area (Å²) in [6.07, 6.45) is 9.20. The minimum Gasteiger partial charge on any atom is -0.310 e. The predicted molar refractivity (Wildman–Crippen MR) is 75.4 cm³/mol. The highest BCUT2D eigenvalue weighted by molar-refractivity contribution is 7.91. The lowest BCUT2D eigenvalue weighted by atomic mass is 9.75. The van der Waals surface area contributed by atoms with Crippen molar-refractivity contribution in [2.45, 2.75) is 76.1 Å². The zero-order valence-electron chi connectivity index (χ0n) is 11.9. The van der Waals surface area contributed by atoms with Crippen LogP contribution in [0.4, 0.5) is 0 Å². The van der Waals surface area contributed by atoms with Crippen molar-refractivity contribution >= 4 is 9.84 Å². The molecule has 3 nitrogen and oxygen atoms in total. The van der Waals surface area contributed by atoms with E-state index in [4.69, 9.17) is 0 Å². The molecule has 2 fully saturated rings. The highest BCUT2D eigenvalue weighted by atomic mass is 32.2. The number of sulfone groups is 1. The van der Waals surface area contributed by atoms with Gasteiger partial charge in [0.2, 0.25) is 0 Å². The lowest BCUT2D eigenvalue weighted by Gasteiger charge is -2.36. The predicted octanol–water partition coefficient (Wildman–Crippen LogP) is 2.51. The molecule has 4 heteroatoms. The molecule has 2 saturated carbocycles. The first kappa shape index (κ1) is 14.3. The van der Waals surface area contributed by atoms with Gasteiger partial charge in [0.25, 0.3) is 0 Å². The second-order valence-electron chi connectivity index (χ2n) is 7.01. The Balaban J connectivity index is 1.90. The number of hydrogen-bond donors (Lipinski definition) is 1. The van der Waals surface area contributed by atoms with Gasteiger partial charge in [-0.1, -0.05) is 20.3 Å². The third kappa shape index (κ3) is 3.47. The second-order valence-corrected chi connectivity index (χ2v) is 9.28. The van der Waals surface area contributed by atoms with Crippen LogP contribution in [0.5, 0.6) is 0 Å². The molecule has 2 unspecified atom stereocenters. The van der Waals surface area contributed by atoms with Crippen LogP contribution in [0.25, 0.3) is 0 Å². The SMILES string of the molecule is CC1(C)CCC(NC2CCCC2S(C)(=O)=O)CC1. The van der Waals surface area contributed by atoms with Crippen molar-refractivity contribution in [1.82, 2.24) is 5.32 Å². The smallest absolute Gasteiger partial charge is 0.151 e. The topological polar surface area (TPSA) is 46.2 Å². The number of nitrogens with one attached hydrogen (secondary N) is 1. The molecule has 0 radical (unpaired) electrons. The van der Waals surface area contributed by atoms with E-state index >= 15 is 0 Å². The van der Waals surface area contributed by atoms with Crippen LogP contribution < -0.4 is 5.32 Å². The fourth-order valence-electron chi connectivity index (χ4n) is 3.50. The number of hydrogen-bond acceptors (Lipinski definition) is 3. The van der Waals surface area contributed by atoms with Crippen LogP contribution in [0.2, 0.25) is 0 Å². The van der Waals surface area contributed by atoms with Gasteiger partial charge in [-0.25, -0.2) is 8.42 Å². The zero-order chi connectivity index (χ0) is 13.4. The summed E-state index contributed by atoms with van der Waals surface area (Å²) in [7, 11) is -2.89. The van der Waals surface area contributed by atoms with Gasteiger partial charge in [-0.05, 0) is 43.9 Å². The largest absolute Gasteiger partial charge is 0.310 e. The highest BCUT2D eigenvalue weighted by Crippen LogP contribution is 2.36. The molecule has 2 aliphatic rings. The van der Waals surface area contributed by atoms with Gasteiger partial charge >= 0.3 is 0 Å². The summed E-state index contributed by atoms with van der Waals surface area (Å²) in [6, 6.07) is 0.733. The van der Waals surface area contributed by atoms with Gasteiger partial charge in [0.05, 0.1) is 5.25 Å². The molecule has 0 aromatic rings. The van der Waals surface area contributed by atoms with Crippen molar-refractivity contribution in [3.63, 3.8) is 0 Å². The molecule has 0 aliphatic heterocycles. The van der Waals surface area contributed by atoms with Crippen molar-refractivity contribution in [1.29, 1.82) is 0 Å². The van der Waals surface area contributed by atoms with Gasteiger partial charge in [-0.15, -0.1) is 0 Å². The summed E-state index contributed by atoms with van der Waals surface area (Å²) >= 11 is 0. The maximum atomic E-state index is 11.7. The van der Waals surface area contributed by atoms with Gasteiger partial charge in [-0.3, -0.25) is 0 Å². The van der Waals surface area contributed by atoms with Crippen molar-refractivity contribution < 1.29 is 8.42 Å². The third-order valence-electron chi connectivity index (χ3n) is 4.79. The standard InChI is InChI=1S/C14H27NO2S/c1-14(2)9-7-11(8-10-14)15-12-5-4-6-13(12)18(3,16)17/h11-13,15H,4-10H2,1-3H3. The van der Waals surface area contributed by atoms with E-state index < -0.39 is 9.84 Å². The van der Waals surface area contributed by atoms with E-state index in [1.54, 1.807) is 0 Å². The Kier molecular flexibility index (Phi) is 4.07. The first-order valence-electron chi connectivity index (χ1n) is 7.23. The molecule has 1 N–H and O–H groups in total. The van der Waals surface area contributed by atoms with Crippen LogP contribution in [0.1, 0.15) is 58.8 Å². The van der Waals surface area contributed by atoms with Crippen LogP contribution in [-0.2, 0) is 9.84 Å². The van der Waals surface area contributed by atoms with Crippen molar-refractivity contribution in [3.8, 4) is 0 Å². The molecule has 18 heavy (non-hydrogen) atoms. The summed E-state index contributed by atoms with van der Waals surface area (Å²) in [5.41, 5.74) is 0.476. The third-order valence-corrected chi connectivity index (χ3v) is 6.46. The Morgan fingerprint density at radius 3 is 2.22 bits per heavy atom. The summed E-state index contributed by atoms with van der Waals surface area (Å²) in [6.45, 7) is 4.66. The van der Waals surface area contributed by atoms with E-state index in [2.05, 4.69) is 19.2 Å². The van der Waals surface area contributed by atoms with Gasteiger partial charge < -0.3 is 5.32 Å². The van der Waals surface area contributed by atoms with E-state index in [1.165, 1.54) is 31.9 Å². The average Bonchev–Trinajstić information content (AvgIpc) is 2.69. The van der Waals surface area contributed by atoms with E-state index in [-0.39, 0.29) is 11.3 Å². The lowest BCUT2D eigenvalue weighted by molar-refractivity contribution is 0.198. The molecule has 106 valence electrons. The highest BCUT2D eigenvalue weighted by Gasteiger charge is 2.37. The Bertz CT molecular complexity index is 379. The molecule has 0 spiro atoms. The Morgan fingerprint density at radius 1 is 1.06 bits per heavy atom. The minimum absolute atomic E-state index is 0.146. The van der Waals surface area contributed by atoms with Gasteiger partial charge in [-0.2, -0.15) is 0 Å². The molecule has 2 aliphatic carbocycles. The molecule has 0 bridgehead atoms. The van der Waals surface area contributed by atoms with Crippen LogP contribution >= 0.6 is 0 Å². The Hall–Kier alpha value is -0.0900. The monoisotopic (exact) mass is 273 g/mol. The fourth-order valence-corrected chi connectivity index (χ4v) is 4.90. The van der Waals surface area contributed by atoms with E-state index in [0.717, 1.165) is 19.3 Å². The van der Waals surface area contributed by atoms with Crippen LogP contribution in [0, 0.1) is 5.41 Å². The van der Waals surface area contributed by atoms with Gasteiger partial charge in [0, 0.05) is 18.3 Å². The molecule has 2 rings (SSSR count). The maximum absolute atomic E-state index is 11.7. The summed E-state index contributed by atoms with van der Waals surface area (Å²) in [5, 5.41) is 3.49. The van der Waals surface area contributed by atoms with Crippen molar-refractivity contribution in [2.24, 2.45) is 5.41 Å². The van der Waals surface area contributed by atoms with Gasteiger partial charge in [0.1, 0.15) is 0 Å².